The van der Waals surface area contributed by atoms with Crippen LogP contribution < -0.4 is 10.1 Å². The van der Waals surface area contributed by atoms with Crippen molar-refractivity contribution in [2.24, 2.45) is 0 Å². The average molecular weight is 276 g/mol. The van der Waals surface area contributed by atoms with Crippen molar-refractivity contribution in [1.82, 2.24) is 0 Å². The lowest BCUT2D eigenvalue weighted by atomic mass is 10.00. The predicted octanol–water partition coefficient (Wildman–Crippen LogP) is 4.56. The Kier molecular flexibility index (Phi) is 4.69. The van der Waals surface area contributed by atoms with Gasteiger partial charge in [-0.1, -0.05) is 42.8 Å². The minimum absolute atomic E-state index is 0.357. The van der Waals surface area contributed by atoms with Gasteiger partial charge in [-0.15, -0.1) is 0 Å². The third-order valence-electron chi connectivity index (χ3n) is 3.11. The normalized spacial score (nSPS) is 11.9. The highest BCUT2D eigenvalue weighted by Crippen LogP contribution is 2.26. The summed E-state index contributed by atoms with van der Waals surface area (Å²) in [7, 11) is 1.70. The Morgan fingerprint density at radius 3 is 2.68 bits per heavy atom. The van der Waals surface area contributed by atoms with Crippen LogP contribution in [0.2, 0.25) is 5.02 Å². The monoisotopic (exact) mass is 275 g/mol. The second-order valence-electron chi connectivity index (χ2n) is 4.53. The van der Waals surface area contributed by atoms with E-state index in [1.807, 2.05) is 42.5 Å². The number of nitrogens with one attached hydrogen (secondary N) is 1. The van der Waals surface area contributed by atoms with E-state index >= 15 is 0 Å². The highest BCUT2D eigenvalue weighted by molar-refractivity contribution is 6.30. The zero-order valence-electron chi connectivity index (χ0n) is 11.2. The summed E-state index contributed by atoms with van der Waals surface area (Å²) in [4.78, 5) is 0. The molecule has 2 nitrogen and oxygen atoms in total. The third kappa shape index (κ3) is 3.65. The molecule has 2 rings (SSSR count). The second-order valence-corrected chi connectivity index (χ2v) is 4.97. The van der Waals surface area contributed by atoms with E-state index in [-0.39, 0.29) is 0 Å². The number of hydrogen-bond acceptors (Lipinski definition) is 2. The summed E-state index contributed by atoms with van der Waals surface area (Å²) in [6.07, 6.45) is 0. The third-order valence-corrected chi connectivity index (χ3v) is 3.34. The quantitative estimate of drug-likeness (QED) is 0.863. The maximum absolute atomic E-state index is 5.96. The first-order valence-corrected chi connectivity index (χ1v) is 6.71. The molecule has 0 spiro atoms. The zero-order valence-corrected chi connectivity index (χ0v) is 11.9. The number of rotatable bonds is 5. The molecule has 0 aliphatic carbocycles. The van der Waals surface area contributed by atoms with Gasteiger partial charge in [0.1, 0.15) is 5.75 Å². The van der Waals surface area contributed by atoms with Gasteiger partial charge in [-0.05, 0) is 29.8 Å². The van der Waals surface area contributed by atoms with Gasteiger partial charge in [-0.25, -0.2) is 0 Å². The molecule has 100 valence electrons. The van der Waals surface area contributed by atoms with Gasteiger partial charge in [0.25, 0.3) is 0 Å². The summed E-state index contributed by atoms with van der Waals surface area (Å²) in [5, 5.41) is 4.14. The molecule has 1 N–H and O–H groups in total. The molecule has 0 amide bonds. The molecule has 0 aliphatic heterocycles. The maximum atomic E-state index is 5.96. The van der Waals surface area contributed by atoms with Gasteiger partial charge < -0.3 is 10.1 Å². The molecular weight excluding hydrogens is 258 g/mol. The minimum Gasteiger partial charge on any atom is -0.496 e. The van der Waals surface area contributed by atoms with Crippen molar-refractivity contribution < 1.29 is 4.74 Å². The van der Waals surface area contributed by atoms with Crippen molar-refractivity contribution in [2.45, 2.75) is 12.8 Å². The molecule has 0 fully saturated rings. The van der Waals surface area contributed by atoms with E-state index in [1.54, 1.807) is 7.11 Å². The molecule has 19 heavy (non-hydrogen) atoms. The van der Waals surface area contributed by atoms with Crippen LogP contribution in [0.15, 0.2) is 48.5 Å². The minimum atomic E-state index is 0.357. The van der Waals surface area contributed by atoms with Gasteiger partial charge in [-0.2, -0.15) is 0 Å². The molecule has 0 aromatic heterocycles. The first kappa shape index (κ1) is 13.8. The standard InChI is InChI=1S/C16H18ClNO/c1-12(15-8-3-4-9-16(15)19-2)11-18-14-7-5-6-13(17)10-14/h3-10,12,18H,11H2,1-2H3. The van der Waals surface area contributed by atoms with Crippen molar-refractivity contribution in [1.29, 1.82) is 0 Å². The Morgan fingerprint density at radius 1 is 1.16 bits per heavy atom. The molecule has 1 atom stereocenters. The molecule has 0 saturated heterocycles. The van der Waals surface area contributed by atoms with E-state index in [0.717, 1.165) is 23.0 Å². The Labute approximate surface area is 119 Å². The lowest BCUT2D eigenvalue weighted by molar-refractivity contribution is 0.407. The van der Waals surface area contributed by atoms with E-state index < -0.39 is 0 Å². The van der Waals surface area contributed by atoms with Gasteiger partial charge in [-0.3, -0.25) is 0 Å². The summed E-state index contributed by atoms with van der Waals surface area (Å²) in [5.74, 6) is 1.29. The van der Waals surface area contributed by atoms with Gasteiger partial charge in [0, 0.05) is 23.2 Å². The predicted molar refractivity (Wildman–Crippen MR) is 81.4 cm³/mol. The second kappa shape index (κ2) is 6.48. The molecule has 0 saturated carbocycles. The van der Waals surface area contributed by atoms with Crippen LogP contribution in [0.3, 0.4) is 0 Å². The SMILES string of the molecule is COc1ccccc1C(C)CNc1cccc(Cl)c1. The molecule has 0 aliphatic rings. The number of hydrogen-bond donors (Lipinski definition) is 1. The van der Waals surface area contributed by atoms with Crippen LogP contribution in [0.1, 0.15) is 18.4 Å². The fourth-order valence-corrected chi connectivity index (χ4v) is 2.24. The highest BCUT2D eigenvalue weighted by atomic mass is 35.5. The molecule has 0 radical (unpaired) electrons. The lowest BCUT2D eigenvalue weighted by Crippen LogP contribution is -2.10. The molecule has 0 heterocycles. The maximum Gasteiger partial charge on any atom is 0.122 e. The summed E-state index contributed by atoms with van der Waals surface area (Å²) in [5.41, 5.74) is 2.24. The van der Waals surface area contributed by atoms with Crippen LogP contribution in [-0.4, -0.2) is 13.7 Å². The summed E-state index contributed by atoms with van der Waals surface area (Å²) < 4.78 is 5.39. The Hall–Kier alpha value is -1.67. The molecule has 0 bridgehead atoms. The largest absolute Gasteiger partial charge is 0.496 e. The van der Waals surface area contributed by atoms with Crippen molar-refractivity contribution in [2.75, 3.05) is 19.0 Å². The van der Waals surface area contributed by atoms with Gasteiger partial charge >= 0.3 is 0 Å². The number of methoxy groups -OCH3 is 1. The molecular formula is C16H18ClNO. The van der Waals surface area contributed by atoms with Crippen molar-refractivity contribution in [3.8, 4) is 5.75 Å². The number of benzene rings is 2. The zero-order chi connectivity index (χ0) is 13.7. The van der Waals surface area contributed by atoms with E-state index in [1.165, 1.54) is 5.56 Å². The van der Waals surface area contributed by atoms with Crippen LogP contribution >= 0.6 is 11.6 Å². The molecule has 2 aromatic carbocycles. The van der Waals surface area contributed by atoms with Gasteiger partial charge in [0.05, 0.1) is 7.11 Å². The number of para-hydroxylation sites is 1. The summed E-state index contributed by atoms with van der Waals surface area (Å²) >= 11 is 5.96. The Morgan fingerprint density at radius 2 is 1.95 bits per heavy atom. The van der Waals surface area contributed by atoms with Gasteiger partial charge in [0.2, 0.25) is 0 Å². The van der Waals surface area contributed by atoms with Crippen LogP contribution in [0.25, 0.3) is 0 Å². The van der Waals surface area contributed by atoms with Crippen molar-refractivity contribution in [3.05, 3.63) is 59.1 Å². The van der Waals surface area contributed by atoms with Crippen LogP contribution in [0.4, 0.5) is 5.69 Å². The lowest BCUT2D eigenvalue weighted by Gasteiger charge is -2.17. The Bertz CT molecular complexity index is 542. The van der Waals surface area contributed by atoms with Gasteiger partial charge in [0.15, 0.2) is 0 Å². The van der Waals surface area contributed by atoms with E-state index in [4.69, 9.17) is 16.3 Å². The first-order valence-electron chi connectivity index (χ1n) is 6.33. The van der Waals surface area contributed by atoms with Crippen molar-refractivity contribution >= 4 is 17.3 Å². The molecule has 3 heteroatoms. The smallest absolute Gasteiger partial charge is 0.122 e. The fourth-order valence-electron chi connectivity index (χ4n) is 2.05. The first-order chi connectivity index (χ1) is 9.20. The van der Waals surface area contributed by atoms with Crippen molar-refractivity contribution in [3.63, 3.8) is 0 Å². The van der Waals surface area contributed by atoms with E-state index in [0.29, 0.717) is 5.92 Å². The number of ether oxygens (including phenoxy) is 1. The number of halogens is 1. The molecule has 2 aromatic rings. The van der Waals surface area contributed by atoms with Crippen LogP contribution in [0.5, 0.6) is 5.75 Å². The van der Waals surface area contributed by atoms with Crippen LogP contribution in [0, 0.1) is 0 Å². The summed E-state index contributed by atoms with van der Waals surface area (Å²) in [6.45, 7) is 3.01. The van der Waals surface area contributed by atoms with E-state index in [9.17, 15) is 0 Å². The molecule has 1 unspecified atom stereocenters. The topological polar surface area (TPSA) is 21.3 Å². The summed E-state index contributed by atoms with van der Waals surface area (Å²) in [6, 6.07) is 15.9. The fraction of sp³-hybridized carbons (Fsp3) is 0.250. The highest BCUT2D eigenvalue weighted by Gasteiger charge is 2.10. The number of anilines is 1. The average Bonchev–Trinajstić information content (AvgIpc) is 2.45. The van der Waals surface area contributed by atoms with Crippen LogP contribution in [-0.2, 0) is 0 Å². The van der Waals surface area contributed by atoms with E-state index in [2.05, 4.69) is 18.3 Å². The Balaban J connectivity index is 2.03.